The van der Waals surface area contributed by atoms with Crippen molar-refractivity contribution in [2.75, 3.05) is 13.6 Å². The van der Waals surface area contributed by atoms with Crippen molar-refractivity contribution in [2.24, 2.45) is 4.99 Å². The van der Waals surface area contributed by atoms with Gasteiger partial charge in [-0.2, -0.15) is 0 Å². The number of hydrogen-bond donors (Lipinski definition) is 2. The highest BCUT2D eigenvalue weighted by Crippen LogP contribution is 1.95. The number of allylic oxidation sites excluding steroid dienone is 1. The van der Waals surface area contributed by atoms with Crippen molar-refractivity contribution in [1.82, 2.24) is 10.6 Å². The first kappa shape index (κ1) is 17.0. The van der Waals surface area contributed by atoms with Gasteiger partial charge < -0.3 is 20.2 Å². The van der Waals surface area contributed by atoms with Crippen LogP contribution in [0.1, 0.15) is 26.7 Å². The standard InChI is InChI=1S/C13H21N3O3/c1-4-15-12(8-10(2)14-3)13(19)16-11(9-18)6-5-7-17/h7-9,11,14H,4-6H2,1-3H3,(H,16,19)/t11-/m0/s1. The molecule has 6 heteroatoms. The van der Waals surface area contributed by atoms with Gasteiger partial charge in [0.1, 0.15) is 18.3 Å². The maximum Gasteiger partial charge on any atom is 0.270 e. The van der Waals surface area contributed by atoms with E-state index in [1.165, 1.54) is 0 Å². The van der Waals surface area contributed by atoms with Gasteiger partial charge in [0.15, 0.2) is 0 Å². The van der Waals surface area contributed by atoms with Crippen LogP contribution in [0.2, 0.25) is 0 Å². The molecule has 0 radical (unpaired) electrons. The normalized spacial score (nSPS) is 13.6. The van der Waals surface area contributed by atoms with E-state index in [1.807, 2.05) is 13.8 Å². The molecular formula is C13H21N3O3. The molecule has 0 aromatic heterocycles. The molecule has 0 aliphatic carbocycles. The van der Waals surface area contributed by atoms with E-state index in [9.17, 15) is 14.4 Å². The van der Waals surface area contributed by atoms with E-state index in [2.05, 4.69) is 15.6 Å². The number of nitrogens with one attached hydrogen (secondary N) is 2. The lowest BCUT2D eigenvalue weighted by Gasteiger charge is -2.11. The largest absolute Gasteiger partial charge is 0.392 e. The van der Waals surface area contributed by atoms with Gasteiger partial charge in [-0.05, 0) is 26.3 Å². The van der Waals surface area contributed by atoms with Crippen molar-refractivity contribution in [3.8, 4) is 0 Å². The molecule has 19 heavy (non-hydrogen) atoms. The molecule has 106 valence electrons. The summed E-state index contributed by atoms with van der Waals surface area (Å²) in [4.78, 5) is 37.1. The molecule has 2 N–H and O–H groups in total. The van der Waals surface area contributed by atoms with E-state index in [1.54, 1.807) is 13.1 Å². The third-order valence-electron chi connectivity index (χ3n) is 2.38. The van der Waals surface area contributed by atoms with Crippen molar-refractivity contribution in [1.29, 1.82) is 0 Å². The summed E-state index contributed by atoms with van der Waals surface area (Å²) < 4.78 is 0. The average molecular weight is 267 g/mol. The summed E-state index contributed by atoms with van der Waals surface area (Å²) in [5.41, 5.74) is 1.05. The van der Waals surface area contributed by atoms with Crippen LogP contribution in [0, 0.1) is 0 Å². The monoisotopic (exact) mass is 267 g/mol. The van der Waals surface area contributed by atoms with Gasteiger partial charge in [-0.25, -0.2) is 0 Å². The zero-order chi connectivity index (χ0) is 14.7. The van der Waals surface area contributed by atoms with Crippen LogP contribution in [-0.2, 0) is 14.4 Å². The van der Waals surface area contributed by atoms with Crippen LogP contribution in [-0.4, -0.2) is 43.8 Å². The third kappa shape index (κ3) is 7.13. The van der Waals surface area contributed by atoms with Gasteiger partial charge in [0.2, 0.25) is 0 Å². The number of nitrogens with zero attached hydrogens (tertiary/aromatic N) is 1. The highest BCUT2D eigenvalue weighted by Gasteiger charge is 2.14. The zero-order valence-corrected chi connectivity index (χ0v) is 11.6. The van der Waals surface area contributed by atoms with Gasteiger partial charge in [-0.3, -0.25) is 9.79 Å². The topological polar surface area (TPSA) is 87.6 Å². The van der Waals surface area contributed by atoms with E-state index in [-0.39, 0.29) is 12.1 Å². The number of rotatable bonds is 9. The highest BCUT2D eigenvalue weighted by molar-refractivity contribution is 6.43. The Morgan fingerprint density at radius 1 is 1.37 bits per heavy atom. The highest BCUT2D eigenvalue weighted by atomic mass is 16.2. The molecular weight excluding hydrogens is 246 g/mol. The second-order valence-electron chi connectivity index (χ2n) is 3.90. The lowest BCUT2D eigenvalue weighted by molar-refractivity contribution is -0.119. The smallest absolute Gasteiger partial charge is 0.270 e. The molecule has 0 saturated heterocycles. The number of aldehydes is 2. The molecule has 0 aliphatic rings. The van der Waals surface area contributed by atoms with Crippen molar-refractivity contribution < 1.29 is 14.4 Å². The van der Waals surface area contributed by atoms with Crippen molar-refractivity contribution in [3.63, 3.8) is 0 Å². The molecule has 0 bridgehead atoms. The molecule has 0 unspecified atom stereocenters. The zero-order valence-electron chi connectivity index (χ0n) is 11.6. The van der Waals surface area contributed by atoms with E-state index in [0.29, 0.717) is 19.3 Å². The first-order valence-corrected chi connectivity index (χ1v) is 6.19. The lowest BCUT2D eigenvalue weighted by Crippen LogP contribution is -2.40. The third-order valence-corrected chi connectivity index (χ3v) is 2.38. The average Bonchev–Trinajstić information content (AvgIpc) is 2.42. The molecule has 6 nitrogen and oxygen atoms in total. The Labute approximate surface area is 113 Å². The van der Waals surface area contributed by atoms with Crippen molar-refractivity contribution in [2.45, 2.75) is 32.7 Å². The second kappa shape index (κ2) is 9.99. The van der Waals surface area contributed by atoms with Gasteiger partial charge in [-0.1, -0.05) is 0 Å². The van der Waals surface area contributed by atoms with Crippen LogP contribution in [0.3, 0.4) is 0 Å². The summed E-state index contributed by atoms with van der Waals surface area (Å²) in [7, 11) is 1.74. The van der Waals surface area contributed by atoms with Crippen molar-refractivity contribution in [3.05, 3.63) is 11.8 Å². The Morgan fingerprint density at radius 3 is 2.53 bits per heavy atom. The van der Waals surface area contributed by atoms with Gasteiger partial charge >= 0.3 is 0 Å². The molecule has 1 amide bonds. The fourth-order valence-corrected chi connectivity index (χ4v) is 1.29. The summed E-state index contributed by atoms with van der Waals surface area (Å²) in [6, 6.07) is -0.664. The molecule has 0 heterocycles. The van der Waals surface area contributed by atoms with Gasteiger partial charge in [0, 0.05) is 25.7 Å². The molecule has 0 aliphatic heterocycles. The maximum absolute atomic E-state index is 12.0. The predicted molar refractivity (Wildman–Crippen MR) is 74.1 cm³/mol. The van der Waals surface area contributed by atoms with E-state index >= 15 is 0 Å². The van der Waals surface area contributed by atoms with Crippen LogP contribution in [0.5, 0.6) is 0 Å². The van der Waals surface area contributed by atoms with Crippen LogP contribution in [0.15, 0.2) is 16.8 Å². The minimum Gasteiger partial charge on any atom is -0.392 e. The molecule has 0 saturated carbocycles. The predicted octanol–water partition coefficient (Wildman–Crippen LogP) is 0.233. The summed E-state index contributed by atoms with van der Waals surface area (Å²) >= 11 is 0. The quantitative estimate of drug-likeness (QED) is 0.462. The fraction of sp³-hybridized carbons (Fsp3) is 0.538. The molecule has 0 spiro atoms. The van der Waals surface area contributed by atoms with Crippen molar-refractivity contribution >= 4 is 24.2 Å². The molecule has 0 aromatic rings. The second-order valence-corrected chi connectivity index (χ2v) is 3.90. The Hall–Kier alpha value is -1.98. The van der Waals surface area contributed by atoms with Crippen LogP contribution < -0.4 is 10.6 Å². The van der Waals surface area contributed by atoms with E-state index in [0.717, 1.165) is 12.0 Å². The first-order chi connectivity index (χ1) is 9.08. The summed E-state index contributed by atoms with van der Waals surface area (Å²) in [5, 5.41) is 5.44. The minimum absolute atomic E-state index is 0.231. The number of hydrogen-bond acceptors (Lipinski definition) is 5. The summed E-state index contributed by atoms with van der Waals surface area (Å²) in [5.74, 6) is -0.417. The van der Waals surface area contributed by atoms with E-state index < -0.39 is 11.9 Å². The Balaban J connectivity index is 4.77. The number of carbonyl (C=O) groups is 3. The molecule has 0 fully saturated rings. The van der Waals surface area contributed by atoms with Gasteiger partial charge in [0.25, 0.3) is 5.91 Å². The Bertz CT molecular complexity index is 375. The van der Waals surface area contributed by atoms with E-state index in [4.69, 9.17) is 0 Å². The number of carbonyl (C=O) groups excluding carboxylic acids is 3. The number of amides is 1. The molecule has 0 rings (SSSR count). The fourth-order valence-electron chi connectivity index (χ4n) is 1.29. The SMILES string of the molecule is CCN=C(C=C(C)NC)C(=O)N[C@H](C=O)CCC=O. The maximum atomic E-state index is 12.0. The molecule has 1 atom stereocenters. The van der Waals surface area contributed by atoms with Crippen LogP contribution >= 0.6 is 0 Å². The minimum atomic E-state index is -0.664. The Morgan fingerprint density at radius 2 is 2.05 bits per heavy atom. The van der Waals surface area contributed by atoms with Crippen LogP contribution in [0.25, 0.3) is 0 Å². The lowest BCUT2D eigenvalue weighted by atomic mass is 10.1. The Kier molecular flexibility index (Phi) is 8.95. The first-order valence-electron chi connectivity index (χ1n) is 6.19. The molecule has 0 aromatic carbocycles. The van der Waals surface area contributed by atoms with Gasteiger partial charge in [0.05, 0.1) is 6.04 Å². The summed E-state index contributed by atoms with van der Waals surface area (Å²) in [6.07, 6.45) is 3.48. The van der Waals surface area contributed by atoms with Gasteiger partial charge in [-0.15, -0.1) is 0 Å². The number of aliphatic imine (C=N–C) groups is 1. The summed E-state index contributed by atoms with van der Waals surface area (Å²) in [6.45, 7) is 4.10. The van der Waals surface area contributed by atoms with Crippen LogP contribution in [0.4, 0.5) is 0 Å².